The van der Waals surface area contributed by atoms with Crippen molar-refractivity contribution in [2.75, 3.05) is 58.2 Å². The van der Waals surface area contributed by atoms with E-state index in [4.69, 9.17) is 5.73 Å². The lowest BCUT2D eigenvalue weighted by atomic mass is 9.97. The van der Waals surface area contributed by atoms with Crippen molar-refractivity contribution in [1.82, 2.24) is 48.8 Å². The number of pyridine rings is 1. The summed E-state index contributed by atoms with van der Waals surface area (Å²) in [5, 5.41) is 18.2. The number of nitrogens with two attached hydrogens (primary N) is 1. The molecule has 0 aliphatic rings. The normalized spacial score (nSPS) is 11.5. The molecule has 0 saturated heterocycles. The molecule has 25 heteroatoms. The molecule has 0 aliphatic carbocycles. The number of hydrogen-bond acceptors (Lipinski definition) is 15. The van der Waals surface area contributed by atoms with Crippen LogP contribution in [0, 0.1) is 0 Å². The summed E-state index contributed by atoms with van der Waals surface area (Å²) in [6.45, 7) is 8.18. The van der Waals surface area contributed by atoms with E-state index in [1.165, 1.54) is 78.4 Å². The van der Waals surface area contributed by atoms with Crippen LogP contribution < -0.4 is 30.3 Å². The zero-order valence-corrected chi connectivity index (χ0v) is 45.3. The first-order valence-corrected chi connectivity index (χ1v) is 25.9. The number of sulfonamides is 2. The Balaban J connectivity index is 0.000000220. The van der Waals surface area contributed by atoms with E-state index in [9.17, 15) is 36.3 Å². The third kappa shape index (κ3) is 14.8. The third-order valence-electron chi connectivity index (χ3n) is 11.1. The molecule has 4 amide bonds. The van der Waals surface area contributed by atoms with E-state index in [-0.39, 0.29) is 28.1 Å². The van der Waals surface area contributed by atoms with Crippen LogP contribution in [-0.2, 0) is 34.1 Å². The van der Waals surface area contributed by atoms with Gasteiger partial charge in [0.15, 0.2) is 5.03 Å². The Hall–Kier alpha value is -8.58. The molecule has 0 atom stereocenters. The number of anilines is 3. The molecule has 0 unspecified atom stereocenters. The van der Waals surface area contributed by atoms with Gasteiger partial charge >= 0.3 is 16.1 Å². The molecular weight excluding hydrogens is 1000 g/mol. The largest absolute Gasteiger partial charge is 0.806 e. The number of hydrogen-bond donors (Lipinski definition) is 3. The highest BCUT2D eigenvalue weighted by Crippen LogP contribution is 2.30. The minimum absolute atomic E-state index is 0.0633. The van der Waals surface area contributed by atoms with Crippen LogP contribution in [0.25, 0.3) is 22.3 Å². The maximum Gasteiger partial charge on any atom is 0.370 e. The van der Waals surface area contributed by atoms with Gasteiger partial charge in [0.2, 0.25) is 0 Å². The first kappa shape index (κ1) is 57.3. The van der Waals surface area contributed by atoms with Crippen molar-refractivity contribution in [1.29, 1.82) is 0 Å². The van der Waals surface area contributed by atoms with Gasteiger partial charge in [-0.3, -0.25) is 14.3 Å². The third-order valence-corrected chi connectivity index (χ3v) is 13.5. The average molecular weight is 1060 g/mol. The van der Waals surface area contributed by atoms with Gasteiger partial charge in [0.1, 0.15) is 28.9 Å². The first-order valence-electron chi connectivity index (χ1n) is 22.9. The summed E-state index contributed by atoms with van der Waals surface area (Å²) >= 11 is 0. The molecule has 4 N–H and O–H groups in total. The van der Waals surface area contributed by atoms with Crippen LogP contribution in [0.2, 0.25) is 0 Å². The number of carbonyl (C=O) groups excluding carboxylic acids is 3. The van der Waals surface area contributed by atoms with Crippen molar-refractivity contribution < 1.29 is 40.9 Å². The molecule has 0 bridgehead atoms. The lowest BCUT2D eigenvalue weighted by Crippen LogP contribution is -2.50. The summed E-state index contributed by atoms with van der Waals surface area (Å²) in [5.41, 5.74) is 14.0. The van der Waals surface area contributed by atoms with Gasteiger partial charge in [0.25, 0.3) is 27.9 Å². The predicted molar refractivity (Wildman–Crippen MR) is 283 cm³/mol. The molecule has 0 spiro atoms. The fourth-order valence-corrected chi connectivity index (χ4v) is 8.87. The highest BCUT2D eigenvalue weighted by molar-refractivity contribution is 7.90. The molecule has 2 aromatic carbocycles. The standard InChI is InChI=1S/C21H25N7O4S.C16H21N5O4S.C13H15N3/c1-13(2)16-7-6-14(15-10-22-12-23-11-15)8-17(16)24-21(30)26-33(31,32)19-9-18(28(5)25-19)20(29)27(3)4;1-18(2)12-6-8-21(9-7-12)16(23)17-26(24,25)13-10-14(20(5)11-13)15(22)19(3)4;1-9(2)12-4-3-10(5-13(12)14)11-6-15-8-16-7-11/h6-13H,1-5H3,(H2,24,26,30);6-11H,1-5H3;3-9H,14H2,1-2H3. The maximum absolute atomic E-state index is 12.7. The van der Waals surface area contributed by atoms with Gasteiger partial charge in [-0.15, -0.1) is 0 Å². The number of carbonyl (C=O) groups is 3. The van der Waals surface area contributed by atoms with E-state index >= 15 is 0 Å². The lowest BCUT2D eigenvalue weighted by Gasteiger charge is -2.16. The molecule has 0 radical (unpaired) electrons. The van der Waals surface area contributed by atoms with Crippen LogP contribution >= 0.6 is 0 Å². The summed E-state index contributed by atoms with van der Waals surface area (Å²) in [4.78, 5) is 57.1. The van der Waals surface area contributed by atoms with E-state index in [2.05, 4.69) is 60.7 Å². The number of rotatable bonds is 12. The molecule has 0 fully saturated rings. The summed E-state index contributed by atoms with van der Waals surface area (Å²) < 4.78 is 59.1. The minimum Gasteiger partial charge on any atom is -0.806 e. The van der Waals surface area contributed by atoms with Gasteiger partial charge in [-0.05, 0) is 52.3 Å². The van der Waals surface area contributed by atoms with Crippen molar-refractivity contribution in [3.8, 4) is 22.3 Å². The van der Waals surface area contributed by atoms with Gasteiger partial charge in [-0.1, -0.05) is 52.0 Å². The summed E-state index contributed by atoms with van der Waals surface area (Å²) in [5.74, 6) is -0.262. The van der Waals surface area contributed by atoms with Gasteiger partial charge in [-0.2, -0.15) is 21.9 Å². The van der Waals surface area contributed by atoms with Crippen LogP contribution in [0.1, 0.15) is 71.6 Å². The van der Waals surface area contributed by atoms with Crippen molar-refractivity contribution in [2.45, 2.75) is 49.5 Å². The highest BCUT2D eigenvalue weighted by atomic mass is 32.2. The molecular formula is C50H61N15O8S2. The first-order chi connectivity index (χ1) is 35.2. The number of urea groups is 1. The number of amides is 4. The topological polar surface area (TPSA) is 293 Å². The predicted octanol–water partition coefficient (Wildman–Crippen LogP) is 4.10. The van der Waals surface area contributed by atoms with Crippen LogP contribution in [0.4, 0.5) is 21.9 Å². The number of aryl methyl sites for hydroxylation is 2. The second-order valence-corrected chi connectivity index (χ2v) is 21.3. The Labute approximate surface area is 436 Å². The quantitative estimate of drug-likeness (QED) is 0.0672. The van der Waals surface area contributed by atoms with E-state index < -0.39 is 43.0 Å². The fraction of sp³-hybridized carbons (Fsp3) is 0.280. The van der Waals surface area contributed by atoms with Crippen LogP contribution in [0.3, 0.4) is 0 Å². The van der Waals surface area contributed by atoms with Gasteiger partial charge in [-0.25, -0.2) is 34.0 Å². The number of nitrogens with zero attached hydrogens (tertiary/aromatic N) is 12. The Morgan fingerprint density at radius 2 is 1.20 bits per heavy atom. The average Bonchev–Trinajstić information content (AvgIpc) is 3.97. The minimum atomic E-state index is -4.32. The molecule has 396 valence electrons. The number of benzene rings is 2. The molecule has 7 aromatic rings. The Morgan fingerprint density at radius 3 is 1.69 bits per heavy atom. The zero-order chi connectivity index (χ0) is 55.5. The lowest BCUT2D eigenvalue weighted by molar-refractivity contribution is -0.613. The number of nitrogens with one attached hydrogen (secondary N) is 2. The van der Waals surface area contributed by atoms with Gasteiger partial charge in [0.05, 0.1) is 12.4 Å². The molecule has 7 rings (SSSR count). The molecule has 5 aromatic heterocycles. The Kier molecular flexibility index (Phi) is 18.7. The second-order valence-electron chi connectivity index (χ2n) is 18.0. The smallest absolute Gasteiger partial charge is 0.370 e. The van der Waals surface area contributed by atoms with Crippen LogP contribution in [-0.4, -0.2) is 127 Å². The van der Waals surface area contributed by atoms with Gasteiger partial charge in [0, 0.05) is 138 Å². The molecule has 23 nitrogen and oxygen atoms in total. The second kappa shape index (κ2) is 24.4. The van der Waals surface area contributed by atoms with Crippen LogP contribution in [0.15, 0.2) is 131 Å². The Bertz CT molecular complexity index is 3400. The molecule has 0 saturated carbocycles. The van der Waals surface area contributed by atoms with E-state index in [1.54, 1.807) is 64.1 Å². The highest BCUT2D eigenvalue weighted by Gasteiger charge is 2.27. The van der Waals surface area contributed by atoms with Crippen molar-refractivity contribution in [2.24, 2.45) is 18.5 Å². The number of aromatic nitrogens is 8. The van der Waals surface area contributed by atoms with Crippen molar-refractivity contribution >= 4 is 61.0 Å². The molecule has 0 aliphatic heterocycles. The Morgan fingerprint density at radius 1 is 0.693 bits per heavy atom. The maximum atomic E-state index is 12.7. The number of nitrogen functional groups attached to an aromatic ring is 1. The monoisotopic (exact) mass is 1060 g/mol. The van der Waals surface area contributed by atoms with E-state index in [0.717, 1.165) is 54.5 Å². The van der Waals surface area contributed by atoms with Crippen molar-refractivity contribution in [3.63, 3.8) is 0 Å². The molecule has 75 heavy (non-hydrogen) atoms. The summed E-state index contributed by atoms with van der Waals surface area (Å²) in [6.07, 6.45) is 13.9. The SMILES string of the molecule is CC(C)c1ccc(-c2cncnc2)cc1N.CC(C)c1ccc(-c2cncnc2)cc1NC(=O)NS(=O)(=O)c1cc(C(=O)N(C)C)n(C)n1.CN(C)C(=O)c1cc(S(=O)(=O)N=C([O-])[n+]2ccc(N(C)C)cc2)cn1C. The zero-order valence-electron chi connectivity index (χ0n) is 43.7. The fourth-order valence-electron chi connectivity index (χ4n) is 7.01. The van der Waals surface area contributed by atoms with Gasteiger partial charge < -0.3 is 35.4 Å². The summed E-state index contributed by atoms with van der Waals surface area (Å²) in [6, 6.07) is 15.3. The summed E-state index contributed by atoms with van der Waals surface area (Å²) in [7, 11) is 4.32. The van der Waals surface area contributed by atoms with E-state index in [0.29, 0.717) is 11.6 Å². The molecule has 5 heterocycles. The van der Waals surface area contributed by atoms with E-state index in [1.807, 2.05) is 55.8 Å². The van der Waals surface area contributed by atoms with Crippen molar-refractivity contribution in [3.05, 3.63) is 139 Å². The van der Waals surface area contributed by atoms with Crippen LogP contribution in [0.5, 0.6) is 0 Å².